The van der Waals surface area contributed by atoms with Crippen LogP contribution in [0.4, 0.5) is 0 Å². The van der Waals surface area contributed by atoms with E-state index in [-0.39, 0.29) is 12.5 Å². The van der Waals surface area contributed by atoms with E-state index in [2.05, 4.69) is 5.10 Å². The van der Waals surface area contributed by atoms with Crippen LogP contribution in [0.2, 0.25) is 0 Å². The normalized spacial score (nSPS) is 10.8. The van der Waals surface area contributed by atoms with Crippen LogP contribution in [-0.2, 0) is 18.3 Å². The molecule has 20 heavy (non-hydrogen) atoms. The molecule has 1 amide bonds. The summed E-state index contributed by atoms with van der Waals surface area (Å²) >= 11 is 0. The van der Waals surface area contributed by atoms with E-state index in [0.717, 1.165) is 43.6 Å². The number of carbonyl (C=O) groups excluding carboxylic acids is 1. The minimum Gasteiger partial charge on any atom is -0.396 e. The van der Waals surface area contributed by atoms with E-state index < -0.39 is 0 Å². The first kappa shape index (κ1) is 16.7. The van der Waals surface area contributed by atoms with Gasteiger partial charge in [-0.3, -0.25) is 9.48 Å². The molecule has 0 aliphatic carbocycles. The number of rotatable bonds is 8. The minimum absolute atomic E-state index is 0.177. The fourth-order valence-corrected chi connectivity index (χ4v) is 2.36. The second-order valence-electron chi connectivity index (χ2n) is 5.37. The molecule has 1 rings (SSSR count). The third-order valence-electron chi connectivity index (χ3n) is 3.83. The lowest BCUT2D eigenvalue weighted by atomic mass is 10.1. The summed E-state index contributed by atoms with van der Waals surface area (Å²) in [6.07, 6.45) is 4.02. The average molecular weight is 281 g/mol. The van der Waals surface area contributed by atoms with Gasteiger partial charge >= 0.3 is 0 Å². The lowest BCUT2D eigenvalue weighted by Crippen LogP contribution is -2.28. The highest BCUT2D eigenvalue weighted by molar-refractivity contribution is 5.76. The summed E-state index contributed by atoms with van der Waals surface area (Å²) < 4.78 is 1.87. The molecule has 1 aromatic rings. The number of aryl methyl sites for hydroxylation is 2. The lowest BCUT2D eigenvalue weighted by Gasteiger charge is -2.17. The summed E-state index contributed by atoms with van der Waals surface area (Å²) in [6, 6.07) is 0. The highest BCUT2D eigenvalue weighted by atomic mass is 16.2. The van der Waals surface area contributed by atoms with Crippen molar-refractivity contribution in [1.82, 2.24) is 14.7 Å². The van der Waals surface area contributed by atoms with E-state index in [9.17, 15) is 4.79 Å². The van der Waals surface area contributed by atoms with Crippen LogP contribution in [0, 0.1) is 13.8 Å². The number of carbonyl (C=O) groups is 1. The van der Waals surface area contributed by atoms with Crippen LogP contribution < -0.4 is 0 Å². The predicted molar refractivity (Wildman–Crippen MR) is 79.6 cm³/mol. The van der Waals surface area contributed by atoms with Crippen molar-refractivity contribution < 1.29 is 9.90 Å². The molecule has 0 saturated heterocycles. The fourth-order valence-electron chi connectivity index (χ4n) is 2.36. The molecule has 0 fully saturated rings. The van der Waals surface area contributed by atoms with Crippen molar-refractivity contribution in [3.8, 4) is 0 Å². The topological polar surface area (TPSA) is 58.4 Å². The Morgan fingerprint density at radius 2 is 2.00 bits per heavy atom. The largest absolute Gasteiger partial charge is 0.396 e. The first-order valence-electron chi connectivity index (χ1n) is 7.31. The first-order chi connectivity index (χ1) is 9.47. The second-order valence-corrected chi connectivity index (χ2v) is 5.37. The number of hydrogen-bond acceptors (Lipinski definition) is 3. The number of hydrogen-bond donors (Lipinski definition) is 1. The quantitative estimate of drug-likeness (QED) is 0.736. The smallest absolute Gasteiger partial charge is 0.222 e. The van der Waals surface area contributed by atoms with Gasteiger partial charge in [-0.15, -0.1) is 0 Å². The van der Waals surface area contributed by atoms with E-state index in [0.29, 0.717) is 6.42 Å². The van der Waals surface area contributed by atoms with Gasteiger partial charge in [-0.1, -0.05) is 0 Å². The van der Waals surface area contributed by atoms with Crippen molar-refractivity contribution in [2.75, 3.05) is 20.2 Å². The Hall–Kier alpha value is -1.36. The Bertz CT molecular complexity index is 441. The van der Waals surface area contributed by atoms with Gasteiger partial charge < -0.3 is 10.0 Å². The molecule has 0 aliphatic rings. The SMILES string of the molecule is Cc1nn(C)c(C)c1CCC(=O)N(C)CCCCCO. The highest BCUT2D eigenvalue weighted by Crippen LogP contribution is 2.14. The zero-order chi connectivity index (χ0) is 15.1. The molecule has 5 heteroatoms. The zero-order valence-corrected chi connectivity index (χ0v) is 13.1. The Labute approximate surface area is 121 Å². The van der Waals surface area contributed by atoms with Crippen molar-refractivity contribution in [3.63, 3.8) is 0 Å². The van der Waals surface area contributed by atoms with E-state index >= 15 is 0 Å². The van der Waals surface area contributed by atoms with E-state index in [1.807, 2.05) is 32.6 Å². The van der Waals surface area contributed by atoms with Gasteiger partial charge in [0.2, 0.25) is 5.91 Å². The zero-order valence-electron chi connectivity index (χ0n) is 13.1. The standard InChI is InChI=1S/C15H27N3O2/c1-12-14(13(2)18(4)16-12)8-9-15(20)17(3)10-6-5-7-11-19/h19H,5-11H2,1-4H3. The Balaban J connectivity index is 2.38. The maximum atomic E-state index is 12.1. The maximum absolute atomic E-state index is 12.1. The van der Waals surface area contributed by atoms with Crippen LogP contribution in [0.25, 0.3) is 0 Å². The first-order valence-corrected chi connectivity index (χ1v) is 7.31. The van der Waals surface area contributed by atoms with Crippen LogP contribution >= 0.6 is 0 Å². The van der Waals surface area contributed by atoms with Gasteiger partial charge in [-0.2, -0.15) is 5.10 Å². The molecule has 0 bridgehead atoms. The van der Waals surface area contributed by atoms with Crippen molar-refractivity contribution >= 4 is 5.91 Å². The number of nitrogens with zero attached hydrogens (tertiary/aromatic N) is 3. The van der Waals surface area contributed by atoms with Gasteiger partial charge in [0.05, 0.1) is 5.69 Å². The van der Waals surface area contributed by atoms with Crippen LogP contribution in [0.1, 0.15) is 42.6 Å². The molecule has 0 aliphatic heterocycles. The Morgan fingerprint density at radius 1 is 1.30 bits per heavy atom. The summed E-state index contributed by atoms with van der Waals surface area (Å²) in [4.78, 5) is 13.8. The molecule has 1 aromatic heterocycles. The van der Waals surface area contributed by atoms with E-state index in [1.165, 1.54) is 5.56 Å². The summed E-state index contributed by atoms with van der Waals surface area (Å²) in [5.74, 6) is 0.177. The maximum Gasteiger partial charge on any atom is 0.222 e. The van der Waals surface area contributed by atoms with E-state index in [4.69, 9.17) is 5.11 Å². The number of aliphatic hydroxyl groups excluding tert-OH is 1. The number of aliphatic hydroxyl groups is 1. The number of amides is 1. The van der Waals surface area contributed by atoms with E-state index in [1.54, 1.807) is 4.90 Å². The van der Waals surface area contributed by atoms with Crippen LogP contribution in [0.3, 0.4) is 0 Å². The van der Waals surface area contributed by atoms with Gasteiger partial charge in [0, 0.05) is 39.4 Å². The van der Waals surface area contributed by atoms with Gasteiger partial charge in [0.1, 0.15) is 0 Å². The molecule has 114 valence electrons. The molecule has 0 radical (unpaired) electrons. The molecule has 1 heterocycles. The summed E-state index contributed by atoms with van der Waals surface area (Å²) in [7, 11) is 3.78. The summed E-state index contributed by atoms with van der Waals surface area (Å²) in [5, 5.41) is 13.1. The molecule has 0 aromatic carbocycles. The van der Waals surface area contributed by atoms with Gasteiger partial charge in [-0.25, -0.2) is 0 Å². The van der Waals surface area contributed by atoms with Gasteiger partial charge in [0.25, 0.3) is 0 Å². The average Bonchev–Trinajstić information content (AvgIpc) is 2.65. The van der Waals surface area contributed by atoms with Gasteiger partial charge in [-0.05, 0) is 45.1 Å². The lowest BCUT2D eigenvalue weighted by molar-refractivity contribution is -0.129. The monoisotopic (exact) mass is 281 g/mol. The van der Waals surface area contributed by atoms with Crippen LogP contribution in [0.5, 0.6) is 0 Å². The molecular formula is C15H27N3O2. The molecular weight excluding hydrogens is 254 g/mol. The third-order valence-corrected chi connectivity index (χ3v) is 3.83. The number of aromatic nitrogens is 2. The number of unbranched alkanes of at least 4 members (excludes halogenated alkanes) is 2. The molecule has 0 atom stereocenters. The summed E-state index contributed by atoms with van der Waals surface area (Å²) in [6.45, 7) is 5.03. The highest BCUT2D eigenvalue weighted by Gasteiger charge is 2.13. The van der Waals surface area contributed by atoms with Crippen molar-refractivity contribution in [2.45, 2.75) is 46.0 Å². The molecule has 0 unspecified atom stereocenters. The molecule has 0 saturated carbocycles. The Kier molecular flexibility index (Phi) is 6.71. The molecule has 5 nitrogen and oxygen atoms in total. The molecule has 0 spiro atoms. The molecule has 1 N–H and O–H groups in total. The van der Waals surface area contributed by atoms with Crippen LogP contribution in [-0.4, -0.2) is 45.9 Å². The fraction of sp³-hybridized carbons (Fsp3) is 0.733. The predicted octanol–water partition coefficient (Wildman–Crippen LogP) is 1.59. The van der Waals surface area contributed by atoms with Crippen molar-refractivity contribution in [2.24, 2.45) is 7.05 Å². The van der Waals surface area contributed by atoms with Gasteiger partial charge in [0.15, 0.2) is 0 Å². The Morgan fingerprint density at radius 3 is 2.55 bits per heavy atom. The third kappa shape index (κ3) is 4.63. The van der Waals surface area contributed by atoms with Crippen molar-refractivity contribution in [1.29, 1.82) is 0 Å². The van der Waals surface area contributed by atoms with Crippen LogP contribution in [0.15, 0.2) is 0 Å². The summed E-state index contributed by atoms with van der Waals surface area (Å²) in [5.41, 5.74) is 3.35. The van der Waals surface area contributed by atoms with Crippen molar-refractivity contribution in [3.05, 3.63) is 17.0 Å². The second kappa shape index (κ2) is 8.04. The minimum atomic E-state index is 0.177.